The fraction of sp³-hybridized carbons (Fsp3) is 0.167. The van der Waals surface area contributed by atoms with Crippen molar-refractivity contribution in [3.8, 4) is 6.07 Å². The Bertz CT molecular complexity index is 141. The molecule has 8 heavy (non-hydrogen) atoms. The standard InChI is InChI=1S/C6H7NO/c1-2-6(5-8)3-4-7/h2-3,8H,1,5H2/b6-3+. The highest BCUT2D eigenvalue weighted by atomic mass is 16.3. The quantitative estimate of drug-likeness (QED) is 0.417. The summed E-state index contributed by atoms with van der Waals surface area (Å²) < 4.78 is 0. The molecule has 0 unspecified atom stereocenters. The van der Waals surface area contributed by atoms with Crippen molar-refractivity contribution in [1.29, 1.82) is 5.26 Å². The second-order valence-electron chi connectivity index (χ2n) is 1.21. The van der Waals surface area contributed by atoms with Gasteiger partial charge in [-0.3, -0.25) is 0 Å². The lowest BCUT2D eigenvalue weighted by atomic mass is 10.3. The fourth-order valence-electron chi connectivity index (χ4n) is 0.252. The summed E-state index contributed by atoms with van der Waals surface area (Å²) in [6.07, 6.45) is 2.70. The third kappa shape index (κ3) is 2.17. The molecule has 0 atom stereocenters. The van der Waals surface area contributed by atoms with E-state index in [1.807, 2.05) is 0 Å². The van der Waals surface area contributed by atoms with E-state index in [9.17, 15) is 0 Å². The highest BCUT2D eigenvalue weighted by molar-refractivity contribution is 5.22. The van der Waals surface area contributed by atoms with Gasteiger partial charge in [-0.15, -0.1) is 0 Å². The summed E-state index contributed by atoms with van der Waals surface area (Å²) in [4.78, 5) is 0. The average Bonchev–Trinajstić information content (AvgIpc) is 1.83. The Labute approximate surface area is 48.4 Å². The van der Waals surface area contributed by atoms with Gasteiger partial charge in [0.2, 0.25) is 0 Å². The van der Waals surface area contributed by atoms with Gasteiger partial charge in [0, 0.05) is 6.08 Å². The minimum atomic E-state index is -0.114. The molecule has 0 heterocycles. The van der Waals surface area contributed by atoms with Crippen molar-refractivity contribution >= 4 is 0 Å². The van der Waals surface area contributed by atoms with Gasteiger partial charge in [0.25, 0.3) is 0 Å². The van der Waals surface area contributed by atoms with Crippen molar-refractivity contribution in [3.63, 3.8) is 0 Å². The van der Waals surface area contributed by atoms with Crippen LogP contribution in [0.3, 0.4) is 0 Å². The lowest BCUT2D eigenvalue weighted by Crippen LogP contribution is -1.82. The molecule has 0 saturated carbocycles. The summed E-state index contributed by atoms with van der Waals surface area (Å²) in [6.45, 7) is 3.26. The molecule has 0 aromatic heterocycles. The molecule has 0 aromatic rings. The maximum atomic E-state index is 8.37. The normalized spacial score (nSPS) is 10.2. The largest absolute Gasteiger partial charge is 0.392 e. The molecule has 0 aromatic carbocycles. The van der Waals surface area contributed by atoms with Crippen LogP contribution in [0.25, 0.3) is 0 Å². The van der Waals surface area contributed by atoms with Crippen molar-refractivity contribution in [2.75, 3.05) is 6.61 Å². The Morgan fingerprint density at radius 3 is 2.62 bits per heavy atom. The van der Waals surface area contributed by atoms with Crippen molar-refractivity contribution in [2.45, 2.75) is 0 Å². The highest BCUT2D eigenvalue weighted by Gasteiger charge is 1.82. The number of rotatable bonds is 2. The maximum Gasteiger partial charge on any atom is 0.0915 e. The number of aliphatic hydroxyl groups is 1. The van der Waals surface area contributed by atoms with Crippen molar-refractivity contribution in [1.82, 2.24) is 0 Å². The van der Waals surface area contributed by atoms with Crippen molar-refractivity contribution < 1.29 is 5.11 Å². The monoisotopic (exact) mass is 109 g/mol. The summed E-state index contributed by atoms with van der Waals surface area (Å²) in [5.41, 5.74) is 0.549. The Kier molecular flexibility index (Phi) is 3.55. The average molecular weight is 109 g/mol. The third-order valence-electron chi connectivity index (χ3n) is 0.695. The van der Waals surface area contributed by atoms with Crippen LogP contribution >= 0.6 is 0 Å². The van der Waals surface area contributed by atoms with Gasteiger partial charge in [0.1, 0.15) is 0 Å². The predicted octanol–water partition coefficient (Wildman–Crippen LogP) is 0.615. The summed E-state index contributed by atoms with van der Waals surface area (Å²) in [5, 5.41) is 16.4. The molecule has 0 saturated heterocycles. The molecule has 42 valence electrons. The van der Waals surface area contributed by atoms with Crippen LogP contribution in [0.1, 0.15) is 0 Å². The first-order valence-corrected chi connectivity index (χ1v) is 2.17. The summed E-state index contributed by atoms with van der Waals surface area (Å²) in [6, 6.07) is 1.78. The van der Waals surface area contributed by atoms with Gasteiger partial charge >= 0.3 is 0 Å². The summed E-state index contributed by atoms with van der Waals surface area (Å²) in [5.74, 6) is 0. The van der Waals surface area contributed by atoms with E-state index in [1.54, 1.807) is 6.07 Å². The van der Waals surface area contributed by atoms with Crippen LogP contribution in [0.2, 0.25) is 0 Å². The van der Waals surface area contributed by atoms with E-state index in [0.717, 1.165) is 0 Å². The number of hydrogen-bond acceptors (Lipinski definition) is 2. The Balaban J connectivity index is 3.91. The first-order chi connectivity index (χ1) is 3.85. The Morgan fingerprint density at radius 1 is 1.88 bits per heavy atom. The molecule has 0 fully saturated rings. The zero-order valence-corrected chi connectivity index (χ0v) is 4.46. The minimum Gasteiger partial charge on any atom is -0.392 e. The number of hydrogen-bond donors (Lipinski definition) is 1. The fourth-order valence-corrected chi connectivity index (χ4v) is 0.252. The topological polar surface area (TPSA) is 44.0 Å². The van der Waals surface area contributed by atoms with Crippen LogP contribution in [0.5, 0.6) is 0 Å². The van der Waals surface area contributed by atoms with Crippen LogP contribution in [0, 0.1) is 11.3 Å². The molecule has 2 heteroatoms. The summed E-state index contributed by atoms with van der Waals surface area (Å²) in [7, 11) is 0. The smallest absolute Gasteiger partial charge is 0.0915 e. The SMILES string of the molecule is C=C/C(=C\C#N)CO. The van der Waals surface area contributed by atoms with Gasteiger partial charge in [0.15, 0.2) is 0 Å². The van der Waals surface area contributed by atoms with Gasteiger partial charge in [0.05, 0.1) is 12.7 Å². The van der Waals surface area contributed by atoms with E-state index in [2.05, 4.69) is 6.58 Å². The molecule has 0 aliphatic heterocycles. The molecular formula is C6H7NO. The molecule has 0 aliphatic carbocycles. The van der Waals surface area contributed by atoms with E-state index in [0.29, 0.717) is 5.57 Å². The number of aliphatic hydroxyl groups excluding tert-OH is 1. The van der Waals surface area contributed by atoms with Gasteiger partial charge in [-0.1, -0.05) is 12.7 Å². The van der Waals surface area contributed by atoms with E-state index >= 15 is 0 Å². The van der Waals surface area contributed by atoms with Gasteiger partial charge in [-0.25, -0.2) is 0 Å². The maximum absolute atomic E-state index is 8.37. The number of allylic oxidation sites excluding steroid dienone is 1. The van der Waals surface area contributed by atoms with E-state index < -0.39 is 0 Å². The number of nitriles is 1. The zero-order valence-electron chi connectivity index (χ0n) is 4.46. The molecule has 0 radical (unpaired) electrons. The van der Waals surface area contributed by atoms with Crippen LogP contribution in [-0.2, 0) is 0 Å². The van der Waals surface area contributed by atoms with Crippen LogP contribution in [0.4, 0.5) is 0 Å². The molecule has 2 nitrogen and oxygen atoms in total. The van der Waals surface area contributed by atoms with E-state index in [1.165, 1.54) is 12.2 Å². The van der Waals surface area contributed by atoms with Crippen LogP contribution < -0.4 is 0 Å². The molecule has 0 spiro atoms. The van der Waals surface area contributed by atoms with Crippen molar-refractivity contribution in [3.05, 3.63) is 24.3 Å². The minimum absolute atomic E-state index is 0.114. The molecule has 0 rings (SSSR count). The van der Waals surface area contributed by atoms with Gasteiger partial charge < -0.3 is 5.11 Å². The van der Waals surface area contributed by atoms with E-state index in [4.69, 9.17) is 10.4 Å². The second kappa shape index (κ2) is 4.10. The van der Waals surface area contributed by atoms with Gasteiger partial charge in [-0.05, 0) is 5.57 Å². The lowest BCUT2D eigenvalue weighted by Gasteiger charge is -1.86. The van der Waals surface area contributed by atoms with Crippen LogP contribution in [0.15, 0.2) is 24.3 Å². The lowest BCUT2D eigenvalue weighted by molar-refractivity contribution is 0.335. The Hall–Kier alpha value is -1.07. The predicted molar refractivity (Wildman–Crippen MR) is 31.0 cm³/mol. The molecule has 0 aliphatic rings. The summed E-state index contributed by atoms with van der Waals surface area (Å²) >= 11 is 0. The molecule has 0 bridgehead atoms. The van der Waals surface area contributed by atoms with Crippen LogP contribution in [-0.4, -0.2) is 11.7 Å². The highest BCUT2D eigenvalue weighted by Crippen LogP contribution is 1.89. The molecular weight excluding hydrogens is 102 g/mol. The first kappa shape index (κ1) is 6.93. The molecule has 0 amide bonds. The van der Waals surface area contributed by atoms with E-state index in [-0.39, 0.29) is 6.61 Å². The van der Waals surface area contributed by atoms with Gasteiger partial charge in [-0.2, -0.15) is 5.26 Å². The number of nitrogens with zero attached hydrogens (tertiary/aromatic N) is 1. The third-order valence-corrected chi connectivity index (χ3v) is 0.695. The molecule has 1 N–H and O–H groups in total. The first-order valence-electron chi connectivity index (χ1n) is 2.17. The second-order valence-corrected chi connectivity index (χ2v) is 1.21. The van der Waals surface area contributed by atoms with Crippen molar-refractivity contribution in [2.24, 2.45) is 0 Å². The zero-order chi connectivity index (χ0) is 6.41. The Morgan fingerprint density at radius 2 is 2.50 bits per heavy atom.